The van der Waals surface area contributed by atoms with Crippen LogP contribution in [0.4, 0.5) is 5.69 Å². The number of aromatic nitrogens is 1. The van der Waals surface area contributed by atoms with E-state index in [1.807, 2.05) is 6.07 Å². The predicted molar refractivity (Wildman–Crippen MR) is 215 cm³/mol. The molecule has 6 N–H and O–H groups in total. The molecule has 1 atom stereocenters. The Morgan fingerprint density at radius 1 is 0.797 bits per heavy atom. The molecule has 0 fully saturated rings. The van der Waals surface area contributed by atoms with Gasteiger partial charge >= 0.3 is 5.97 Å². The molecule has 0 aliphatic carbocycles. The third-order valence-electron chi connectivity index (χ3n) is 8.77. The Labute approximate surface area is 341 Å². The van der Waals surface area contributed by atoms with Crippen molar-refractivity contribution in [3.05, 3.63) is 140 Å². The van der Waals surface area contributed by atoms with Gasteiger partial charge in [-0.05, 0) is 67.4 Å². The average molecular weight is 816 g/mol. The third-order valence-corrected chi connectivity index (χ3v) is 9.67. The number of ketones is 3. The lowest BCUT2D eigenvalue weighted by Gasteiger charge is -2.18. The number of anilines is 1. The van der Waals surface area contributed by atoms with Crippen LogP contribution in [0.1, 0.15) is 93.1 Å². The maximum Gasteiger partial charge on any atom is 0.335 e. The number of carboxylic acid groups (broad SMARTS) is 1. The monoisotopic (exact) mass is 815 g/mol. The van der Waals surface area contributed by atoms with E-state index in [2.05, 4.69) is 15.6 Å². The van der Waals surface area contributed by atoms with E-state index < -0.39 is 59.6 Å². The van der Waals surface area contributed by atoms with Crippen LogP contribution in [0.2, 0.25) is 0 Å². The largest absolute Gasteiger partial charge is 0.504 e. The molecule has 0 bridgehead atoms. The van der Waals surface area contributed by atoms with E-state index >= 15 is 0 Å². The minimum atomic E-state index is -1.26. The van der Waals surface area contributed by atoms with Gasteiger partial charge in [0.1, 0.15) is 10.9 Å². The van der Waals surface area contributed by atoms with Gasteiger partial charge in [0, 0.05) is 41.6 Å². The number of carbonyl (C=O) groups is 7. The van der Waals surface area contributed by atoms with Gasteiger partial charge in [0.25, 0.3) is 11.8 Å². The minimum absolute atomic E-state index is 0.0178. The second kappa shape index (κ2) is 19.1. The zero-order valence-electron chi connectivity index (χ0n) is 31.7. The molecule has 59 heavy (non-hydrogen) atoms. The van der Waals surface area contributed by atoms with E-state index in [9.17, 15) is 38.7 Å². The highest BCUT2D eigenvalue weighted by atomic mass is 32.1. The van der Waals surface area contributed by atoms with Crippen LogP contribution >= 0.6 is 11.3 Å². The van der Waals surface area contributed by atoms with Crippen molar-refractivity contribution >= 4 is 58.1 Å². The summed E-state index contributed by atoms with van der Waals surface area (Å²) in [5.41, 5.74) is 7.58. The van der Waals surface area contributed by atoms with Gasteiger partial charge in [-0.25, -0.2) is 9.78 Å². The molecular weight excluding hydrogens is 779 g/mol. The molecule has 5 rings (SSSR count). The molecule has 0 spiro atoms. The second-order valence-corrected chi connectivity index (χ2v) is 14.6. The maximum absolute atomic E-state index is 13.4. The lowest BCUT2D eigenvalue weighted by Crippen LogP contribution is -2.44. The first-order valence-corrected chi connectivity index (χ1v) is 18.8. The van der Waals surface area contributed by atoms with E-state index in [0.717, 1.165) is 11.3 Å². The van der Waals surface area contributed by atoms with Crippen LogP contribution in [0.15, 0.2) is 91.1 Å². The predicted octanol–water partition coefficient (Wildman–Crippen LogP) is 5.09. The minimum Gasteiger partial charge on any atom is -0.504 e. The first-order valence-electron chi connectivity index (χ1n) is 18.0. The zero-order valence-corrected chi connectivity index (χ0v) is 32.5. The van der Waals surface area contributed by atoms with Crippen molar-refractivity contribution in [1.82, 2.24) is 10.3 Å². The SMILES string of the molecule is CC(C)Oc1c(CC(=O)c2ccc(CC(=O)[C@H](CC(N)=O)NC(=O)c3ccc(NC(=O)c4cnc(C#N)s4)cc3)cc2)ccc(C(=O)Cc2ccc(C(=O)O)cc2)c1O. The Morgan fingerprint density at radius 3 is 1.98 bits per heavy atom. The summed E-state index contributed by atoms with van der Waals surface area (Å²) in [4.78, 5) is 92.5. The van der Waals surface area contributed by atoms with Gasteiger partial charge in [-0.2, -0.15) is 5.26 Å². The molecule has 0 aliphatic rings. The lowest BCUT2D eigenvalue weighted by molar-refractivity contribution is -0.125. The molecule has 1 aromatic heterocycles. The number of phenolic OH excluding ortho intramolecular Hbond substituents is 1. The average Bonchev–Trinajstić information content (AvgIpc) is 3.69. The number of aromatic hydroxyl groups is 1. The number of carbonyl (C=O) groups excluding carboxylic acids is 6. The molecule has 4 aromatic carbocycles. The van der Waals surface area contributed by atoms with Gasteiger partial charge < -0.3 is 31.3 Å². The number of nitriles is 1. The molecule has 0 saturated carbocycles. The van der Waals surface area contributed by atoms with Gasteiger partial charge in [-0.15, -0.1) is 0 Å². The summed E-state index contributed by atoms with van der Waals surface area (Å²) in [7, 11) is 0. The van der Waals surface area contributed by atoms with Gasteiger partial charge in [-0.3, -0.25) is 28.8 Å². The fourth-order valence-electron chi connectivity index (χ4n) is 5.81. The fraction of sp³-hybridized carbons (Fsp3) is 0.186. The number of rotatable bonds is 18. The van der Waals surface area contributed by atoms with Gasteiger partial charge in [0.2, 0.25) is 5.91 Å². The number of primary amides is 1. The normalized spacial score (nSPS) is 11.2. The van der Waals surface area contributed by atoms with Crippen molar-refractivity contribution < 1.29 is 48.5 Å². The first-order chi connectivity index (χ1) is 28.1. The molecule has 16 heteroatoms. The molecule has 0 aliphatic heterocycles. The number of nitrogens with one attached hydrogen (secondary N) is 2. The van der Waals surface area contributed by atoms with Crippen molar-refractivity contribution in [3.63, 3.8) is 0 Å². The Bertz CT molecular complexity index is 2470. The quantitative estimate of drug-likeness (QED) is 0.0725. The molecule has 0 radical (unpaired) electrons. The molecule has 5 aromatic rings. The number of hydrogen-bond acceptors (Lipinski definition) is 12. The third kappa shape index (κ3) is 11.3. The molecule has 0 saturated heterocycles. The number of hydrogen-bond donors (Lipinski definition) is 5. The number of ether oxygens (including phenoxy) is 1. The molecular formula is C43H37N5O10S. The number of benzene rings is 4. The van der Waals surface area contributed by atoms with E-state index in [0.29, 0.717) is 22.4 Å². The van der Waals surface area contributed by atoms with E-state index in [-0.39, 0.29) is 62.9 Å². The summed E-state index contributed by atoms with van der Waals surface area (Å²) >= 11 is 0.926. The molecule has 300 valence electrons. The fourth-order valence-corrected chi connectivity index (χ4v) is 6.42. The van der Waals surface area contributed by atoms with Gasteiger partial charge in [0.05, 0.1) is 35.9 Å². The smallest absolute Gasteiger partial charge is 0.335 e. The Balaban J connectivity index is 1.22. The number of aromatic carboxylic acids is 1. The topological polar surface area (TPSA) is 256 Å². The highest BCUT2D eigenvalue weighted by Crippen LogP contribution is 2.36. The number of carboxylic acids is 1. The Kier molecular flexibility index (Phi) is 13.8. The summed E-state index contributed by atoms with van der Waals surface area (Å²) in [5, 5.41) is 34.5. The molecule has 0 unspecified atom stereocenters. The van der Waals surface area contributed by atoms with E-state index in [4.69, 9.17) is 20.8 Å². The van der Waals surface area contributed by atoms with Crippen LogP contribution in [-0.4, -0.2) is 68.4 Å². The lowest BCUT2D eigenvalue weighted by atomic mass is 9.95. The van der Waals surface area contributed by atoms with Gasteiger partial charge in [-0.1, -0.05) is 53.8 Å². The standard InChI is InChI=1S/C43H37N5O10S/c1-23(2)58-40-29(13-16-31(39(40)53)34(50)17-24-5-9-28(10-6-24)43(56)57)19-33(49)26-7-3-25(4-8-26)18-35(51)32(20-37(45)52)48-41(54)27-11-14-30(15-12-27)47-42(55)36-22-46-38(21-44)59-36/h3-16,22-23,32,53H,17-20H2,1-2H3,(H2,45,52)(H,47,55)(H,48,54)(H,56,57)/t32-/m0/s1. The summed E-state index contributed by atoms with van der Waals surface area (Å²) in [5.74, 6) is -4.82. The van der Waals surface area contributed by atoms with Crippen molar-refractivity contribution in [3.8, 4) is 17.6 Å². The first kappa shape index (κ1) is 42.6. The highest BCUT2D eigenvalue weighted by molar-refractivity contribution is 7.14. The number of nitrogens with zero attached hydrogens (tertiary/aromatic N) is 2. The van der Waals surface area contributed by atoms with Crippen LogP contribution in [0.3, 0.4) is 0 Å². The van der Waals surface area contributed by atoms with E-state index in [1.54, 1.807) is 26.0 Å². The van der Waals surface area contributed by atoms with Crippen molar-refractivity contribution in [2.45, 2.75) is 51.7 Å². The van der Waals surface area contributed by atoms with Crippen LogP contribution in [0.5, 0.6) is 11.5 Å². The number of Topliss-reactive ketones (excluding diaryl/α,β-unsaturated/α-hetero) is 3. The molecule has 15 nitrogen and oxygen atoms in total. The number of phenols is 1. The summed E-state index contributed by atoms with van der Waals surface area (Å²) < 4.78 is 5.86. The van der Waals surface area contributed by atoms with Crippen LogP contribution in [0.25, 0.3) is 0 Å². The second-order valence-electron chi connectivity index (χ2n) is 13.5. The molecule has 3 amide bonds. The maximum atomic E-state index is 13.4. The Morgan fingerprint density at radius 2 is 1.41 bits per heavy atom. The van der Waals surface area contributed by atoms with Crippen LogP contribution in [-0.2, 0) is 28.9 Å². The van der Waals surface area contributed by atoms with Gasteiger partial charge in [0.15, 0.2) is 33.9 Å². The summed E-state index contributed by atoms with van der Waals surface area (Å²) in [6.07, 6.45) is -0.124. The Hall–Kier alpha value is -7.51. The van der Waals surface area contributed by atoms with Crippen molar-refractivity contribution in [2.24, 2.45) is 5.73 Å². The highest BCUT2D eigenvalue weighted by Gasteiger charge is 2.25. The zero-order chi connectivity index (χ0) is 42.8. The van der Waals surface area contributed by atoms with Crippen LogP contribution in [0, 0.1) is 11.3 Å². The number of nitrogens with two attached hydrogens (primary N) is 1. The van der Waals surface area contributed by atoms with Crippen molar-refractivity contribution in [1.29, 1.82) is 5.26 Å². The summed E-state index contributed by atoms with van der Waals surface area (Å²) in [6, 6.07) is 21.2. The van der Waals surface area contributed by atoms with E-state index in [1.165, 1.54) is 79.0 Å². The summed E-state index contributed by atoms with van der Waals surface area (Å²) in [6.45, 7) is 3.45. The number of thiazole rings is 1. The number of amides is 3. The van der Waals surface area contributed by atoms with Crippen LogP contribution < -0.4 is 21.1 Å². The van der Waals surface area contributed by atoms with Crippen molar-refractivity contribution in [2.75, 3.05) is 5.32 Å². The molecule has 1 heterocycles.